The van der Waals surface area contributed by atoms with Crippen LogP contribution in [0.15, 0.2) is 28.1 Å². The first kappa shape index (κ1) is 17.7. The highest BCUT2D eigenvalue weighted by Gasteiger charge is 2.52. The maximum Gasteiger partial charge on any atom is 0.491 e. The fourth-order valence-electron chi connectivity index (χ4n) is 2.22. The smallest absolute Gasteiger partial charge is 0.400 e. The normalized spacial score (nSPS) is 20.5. The Hall–Kier alpha value is -0.685. The Bertz CT molecular complexity index is 574. The number of halogens is 2. The van der Waals surface area contributed by atoms with Crippen LogP contribution >= 0.6 is 15.9 Å². The molecular formula is C16H22BBrFNO2. The summed E-state index contributed by atoms with van der Waals surface area (Å²) in [5, 5.41) is 3.13. The number of likely N-dealkylation sites (N-methyl/N-ethyl adjacent to an activating group) is 1. The zero-order valence-electron chi connectivity index (χ0n) is 13.7. The quantitative estimate of drug-likeness (QED) is 0.818. The van der Waals surface area contributed by atoms with Gasteiger partial charge in [0.05, 0.1) is 11.2 Å². The average molecular weight is 370 g/mol. The molecule has 0 aliphatic carbocycles. The molecule has 0 atom stereocenters. The van der Waals surface area contributed by atoms with Gasteiger partial charge in [-0.3, -0.25) is 0 Å². The van der Waals surface area contributed by atoms with Crippen LogP contribution in [0.3, 0.4) is 0 Å². The highest BCUT2D eigenvalue weighted by molar-refractivity contribution is 9.10. The van der Waals surface area contributed by atoms with Gasteiger partial charge in [-0.25, -0.2) is 4.39 Å². The van der Waals surface area contributed by atoms with Crippen LogP contribution in [0.5, 0.6) is 0 Å². The zero-order valence-corrected chi connectivity index (χ0v) is 15.3. The van der Waals surface area contributed by atoms with Crippen molar-refractivity contribution < 1.29 is 13.7 Å². The van der Waals surface area contributed by atoms with E-state index >= 15 is 0 Å². The Morgan fingerprint density at radius 1 is 1.27 bits per heavy atom. The third-order valence-electron chi connectivity index (χ3n) is 4.24. The van der Waals surface area contributed by atoms with E-state index in [1.807, 2.05) is 40.8 Å². The number of benzene rings is 1. The second-order valence-corrected chi connectivity index (χ2v) is 7.36. The van der Waals surface area contributed by atoms with Crippen molar-refractivity contribution >= 4 is 29.1 Å². The van der Waals surface area contributed by atoms with Crippen molar-refractivity contribution in [2.45, 2.75) is 38.9 Å². The van der Waals surface area contributed by atoms with Gasteiger partial charge in [-0.15, -0.1) is 0 Å². The predicted molar refractivity (Wildman–Crippen MR) is 92.1 cm³/mol. The summed E-state index contributed by atoms with van der Waals surface area (Å²) in [4.78, 5) is 0. The topological polar surface area (TPSA) is 30.5 Å². The minimum Gasteiger partial charge on any atom is -0.400 e. The Morgan fingerprint density at radius 3 is 2.36 bits per heavy atom. The SMILES string of the molecule is CNCC(=Cc1ccc(F)cc1Br)B1OC(C)(C)C(C)(C)O1. The van der Waals surface area contributed by atoms with Gasteiger partial charge in [0.15, 0.2) is 0 Å². The van der Waals surface area contributed by atoms with Crippen molar-refractivity contribution in [1.82, 2.24) is 5.32 Å². The molecule has 1 heterocycles. The van der Waals surface area contributed by atoms with E-state index in [4.69, 9.17) is 9.31 Å². The lowest BCUT2D eigenvalue weighted by atomic mass is 9.77. The summed E-state index contributed by atoms with van der Waals surface area (Å²) in [6.07, 6.45) is 1.97. The molecule has 1 saturated heterocycles. The van der Waals surface area contributed by atoms with Crippen molar-refractivity contribution in [2.24, 2.45) is 0 Å². The van der Waals surface area contributed by atoms with Crippen LogP contribution in [0.1, 0.15) is 33.3 Å². The lowest BCUT2D eigenvalue weighted by Crippen LogP contribution is -2.41. The molecule has 1 aromatic carbocycles. The molecule has 22 heavy (non-hydrogen) atoms. The fraction of sp³-hybridized carbons (Fsp3) is 0.500. The molecular weight excluding hydrogens is 348 g/mol. The van der Waals surface area contributed by atoms with Gasteiger partial charge in [0.2, 0.25) is 0 Å². The third kappa shape index (κ3) is 3.62. The first-order valence-electron chi connectivity index (χ1n) is 7.32. The molecule has 2 rings (SSSR count). The van der Waals surface area contributed by atoms with Gasteiger partial charge in [0.25, 0.3) is 0 Å². The van der Waals surface area contributed by atoms with Gasteiger partial charge in [-0.05, 0) is 57.9 Å². The maximum atomic E-state index is 13.2. The average Bonchev–Trinajstić information content (AvgIpc) is 2.61. The van der Waals surface area contributed by atoms with Crippen LogP contribution in [0.2, 0.25) is 0 Å². The lowest BCUT2D eigenvalue weighted by Gasteiger charge is -2.32. The van der Waals surface area contributed by atoms with E-state index in [2.05, 4.69) is 21.2 Å². The standard InChI is InChI=1S/C16H22BBrFNO2/c1-15(2)16(3,4)22-17(21-15)12(10-20-5)8-11-6-7-13(19)9-14(11)18/h6-9,20H,10H2,1-5H3. The predicted octanol–water partition coefficient (Wildman–Crippen LogP) is 3.82. The van der Waals surface area contributed by atoms with E-state index in [0.717, 1.165) is 11.0 Å². The molecule has 1 aromatic rings. The Morgan fingerprint density at radius 2 is 1.86 bits per heavy atom. The van der Waals surface area contributed by atoms with Crippen LogP contribution in [-0.4, -0.2) is 31.9 Å². The van der Waals surface area contributed by atoms with Crippen molar-refractivity contribution in [3.8, 4) is 0 Å². The summed E-state index contributed by atoms with van der Waals surface area (Å²) >= 11 is 3.39. The van der Waals surface area contributed by atoms with E-state index in [1.165, 1.54) is 12.1 Å². The summed E-state index contributed by atoms with van der Waals surface area (Å²) in [6, 6.07) is 4.63. The van der Waals surface area contributed by atoms with E-state index in [9.17, 15) is 4.39 Å². The third-order valence-corrected chi connectivity index (χ3v) is 4.93. The summed E-state index contributed by atoms with van der Waals surface area (Å²) < 4.78 is 26.1. The highest BCUT2D eigenvalue weighted by atomic mass is 79.9. The van der Waals surface area contributed by atoms with Crippen LogP contribution in [-0.2, 0) is 9.31 Å². The van der Waals surface area contributed by atoms with Gasteiger partial charge in [0, 0.05) is 11.0 Å². The van der Waals surface area contributed by atoms with Crippen molar-refractivity contribution in [2.75, 3.05) is 13.6 Å². The summed E-state index contributed by atoms with van der Waals surface area (Å²) in [6.45, 7) is 8.73. The first-order valence-corrected chi connectivity index (χ1v) is 8.11. The molecule has 0 spiro atoms. The monoisotopic (exact) mass is 369 g/mol. The zero-order chi connectivity index (χ0) is 16.5. The van der Waals surface area contributed by atoms with Crippen molar-refractivity contribution in [3.63, 3.8) is 0 Å². The van der Waals surface area contributed by atoms with Crippen molar-refractivity contribution in [3.05, 3.63) is 39.5 Å². The molecule has 0 radical (unpaired) electrons. The number of hydrogen-bond donors (Lipinski definition) is 1. The van der Waals surface area contributed by atoms with Gasteiger partial charge >= 0.3 is 7.12 Å². The fourth-order valence-corrected chi connectivity index (χ4v) is 2.68. The van der Waals surface area contributed by atoms with Gasteiger partial charge in [0.1, 0.15) is 5.82 Å². The maximum absolute atomic E-state index is 13.2. The minimum atomic E-state index is -0.422. The van der Waals surface area contributed by atoms with Crippen LogP contribution < -0.4 is 5.32 Å². The molecule has 1 aliphatic rings. The molecule has 1 fully saturated rings. The lowest BCUT2D eigenvalue weighted by molar-refractivity contribution is 0.00578. The molecule has 0 amide bonds. The molecule has 120 valence electrons. The summed E-state index contributed by atoms with van der Waals surface area (Å²) in [5.74, 6) is -0.269. The molecule has 1 aliphatic heterocycles. The second-order valence-electron chi connectivity index (χ2n) is 6.50. The highest BCUT2D eigenvalue weighted by Crippen LogP contribution is 2.39. The molecule has 1 N–H and O–H groups in total. The largest absolute Gasteiger partial charge is 0.491 e. The molecule has 3 nitrogen and oxygen atoms in total. The Labute approximate surface area is 140 Å². The first-order chi connectivity index (χ1) is 10.2. The van der Waals surface area contributed by atoms with Crippen LogP contribution in [0.25, 0.3) is 6.08 Å². The molecule has 0 aromatic heterocycles. The number of hydrogen-bond acceptors (Lipinski definition) is 3. The van der Waals surface area contributed by atoms with Gasteiger partial charge < -0.3 is 14.6 Å². The molecule has 0 unspecified atom stereocenters. The molecule has 0 bridgehead atoms. The van der Waals surface area contributed by atoms with Crippen LogP contribution in [0.4, 0.5) is 4.39 Å². The van der Waals surface area contributed by atoms with Gasteiger partial charge in [-0.2, -0.15) is 0 Å². The van der Waals surface area contributed by atoms with E-state index in [0.29, 0.717) is 11.0 Å². The Kier molecular flexibility index (Phi) is 5.17. The summed E-state index contributed by atoms with van der Waals surface area (Å²) in [7, 11) is 1.45. The van der Waals surface area contributed by atoms with Crippen molar-refractivity contribution in [1.29, 1.82) is 0 Å². The van der Waals surface area contributed by atoms with E-state index in [1.54, 1.807) is 6.07 Å². The minimum absolute atomic E-state index is 0.269. The van der Waals surface area contributed by atoms with Gasteiger partial charge in [-0.1, -0.05) is 28.1 Å². The Balaban J connectivity index is 2.33. The summed E-state index contributed by atoms with van der Waals surface area (Å²) in [5.41, 5.74) is 1.09. The van der Waals surface area contributed by atoms with E-state index < -0.39 is 7.12 Å². The molecule has 0 saturated carbocycles. The molecule has 6 heteroatoms. The van der Waals surface area contributed by atoms with Crippen LogP contribution in [0, 0.1) is 5.82 Å². The van der Waals surface area contributed by atoms with E-state index in [-0.39, 0.29) is 17.0 Å². The number of nitrogens with one attached hydrogen (secondary N) is 1. The second kappa shape index (κ2) is 6.44. The number of rotatable bonds is 4.